The molecule has 0 spiro atoms. The van der Waals surface area contributed by atoms with Crippen molar-refractivity contribution in [1.82, 2.24) is 31.5 Å². The van der Waals surface area contributed by atoms with E-state index in [0.29, 0.717) is 19.3 Å². The van der Waals surface area contributed by atoms with Crippen LogP contribution in [0.4, 0.5) is 0 Å². The predicted molar refractivity (Wildman–Crippen MR) is 152 cm³/mol. The molecule has 1 heterocycles. The van der Waals surface area contributed by atoms with Crippen molar-refractivity contribution in [2.45, 2.75) is 38.1 Å². The number of benzene rings is 1. The first kappa shape index (κ1) is 33.4. The molecule has 15 heteroatoms. The number of rotatable bonds is 18. The van der Waals surface area contributed by atoms with Gasteiger partial charge in [-0.05, 0) is 18.4 Å². The second-order valence-corrected chi connectivity index (χ2v) is 9.53. The van der Waals surface area contributed by atoms with Crippen LogP contribution in [0.1, 0.15) is 31.2 Å². The van der Waals surface area contributed by atoms with E-state index in [2.05, 4.69) is 26.6 Å². The van der Waals surface area contributed by atoms with Crippen LogP contribution in [0.2, 0.25) is 0 Å². The molecule has 1 aromatic carbocycles. The van der Waals surface area contributed by atoms with Gasteiger partial charge < -0.3 is 31.4 Å². The molecular weight excluding hydrogens is 547 g/mol. The summed E-state index contributed by atoms with van der Waals surface area (Å²) in [6.45, 7) is -1.07. The van der Waals surface area contributed by atoms with Crippen LogP contribution in [-0.4, -0.2) is 98.5 Å². The zero-order valence-electron chi connectivity index (χ0n) is 23.4. The Bertz CT molecular complexity index is 1190. The topological polar surface area (TPSA) is 200 Å². The highest BCUT2D eigenvalue weighted by Crippen LogP contribution is 2.07. The SMILES string of the molecule is BC(=O)CNC(=O)CNC(=O)[C@H](Cc1ccccc1)NC(=O)CNC(=O)CNC(=O)CCCCCN1C(=O)C=CC1=O. The minimum atomic E-state index is -1.05. The number of imide groups is 1. The minimum Gasteiger partial charge on any atom is -0.348 e. The fourth-order valence-corrected chi connectivity index (χ4v) is 3.77. The first-order valence-electron chi connectivity index (χ1n) is 13.5. The Morgan fingerprint density at radius 3 is 1.90 bits per heavy atom. The van der Waals surface area contributed by atoms with Gasteiger partial charge in [-0.3, -0.25) is 38.5 Å². The van der Waals surface area contributed by atoms with Crippen LogP contribution in [0.5, 0.6) is 0 Å². The van der Waals surface area contributed by atoms with Gasteiger partial charge in [0.1, 0.15) is 11.7 Å². The van der Waals surface area contributed by atoms with Gasteiger partial charge in [0, 0.05) is 31.5 Å². The van der Waals surface area contributed by atoms with Gasteiger partial charge in [0.25, 0.3) is 11.8 Å². The second kappa shape index (κ2) is 17.8. The number of unbranched alkanes of at least 4 members (excludes halogenated alkanes) is 2. The average molecular weight is 582 g/mol. The summed E-state index contributed by atoms with van der Waals surface area (Å²) in [5, 5.41) is 12.1. The molecule has 1 aliphatic rings. The fraction of sp³-hybridized carbons (Fsp3) is 0.407. The smallest absolute Gasteiger partial charge is 0.253 e. The highest BCUT2D eigenvalue weighted by molar-refractivity contribution is 6.58. The maximum atomic E-state index is 12.7. The quantitative estimate of drug-likeness (QED) is 0.0678. The zero-order valence-corrected chi connectivity index (χ0v) is 23.4. The maximum absolute atomic E-state index is 12.7. The van der Waals surface area contributed by atoms with E-state index in [4.69, 9.17) is 0 Å². The maximum Gasteiger partial charge on any atom is 0.253 e. The highest BCUT2D eigenvalue weighted by atomic mass is 16.2. The van der Waals surface area contributed by atoms with Crippen LogP contribution < -0.4 is 26.6 Å². The van der Waals surface area contributed by atoms with Gasteiger partial charge in [-0.1, -0.05) is 36.8 Å². The molecule has 0 saturated carbocycles. The molecule has 14 nitrogen and oxygen atoms in total. The van der Waals surface area contributed by atoms with Crippen LogP contribution in [0, 0.1) is 0 Å². The van der Waals surface area contributed by atoms with Crippen molar-refractivity contribution in [2.75, 3.05) is 32.7 Å². The Morgan fingerprint density at radius 1 is 0.690 bits per heavy atom. The number of carbonyl (C=O) groups excluding carboxylic acids is 8. The van der Waals surface area contributed by atoms with Gasteiger partial charge in [0.05, 0.1) is 26.2 Å². The highest BCUT2D eigenvalue weighted by Gasteiger charge is 2.23. The summed E-state index contributed by atoms with van der Waals surface area (Å²) in [5.41, 5.74) is 0.506. The van der Waals surface area contributed by atoms with E-state index < -0.39 is 36.2 Å². The molecule has 0 fully saturated rings. The summed E-state index contributed by atoms with van der Waals surface area (Å²) in [7, 11) is 1.31. The lowest BCUT2D eigenvalue weighted by atomic mass is 10.0. The molecule has 1 aromatic rings. The molecule has 0 unspecified atom stereocenters. The molecule has 0 aliphatic carbocycles. The normalized spacial score (nSPS) is 12.8. The summed E-state index contributed by atoms with van der Waals surface area (Å²) in [6, 6.07) is 7.83. The molecule has 0 bridgehead atoms. The summed E-state index contributed by atoms with van der Waals surface area (Å²) in [6.07, 6.45) is 4.37. The Hall–Kier alpha value is -4.82. The Morgan fingerprint density at radius 2 is 1.26 bits per heavy atom. The van der Waals surface area contributed by atoms with E-state index in [1.54, 1.807) is 30.3 Å². The fourth-order valence-electron chi connectivity index (χ4n) is 3.77. The number of nitrogens with one attached hydrogen (secondary N) is 5. The molecule has 0 aromatic heterocycles. The van der Waals surface area contributed by atoms with Gasteiger partial charge in [-0.15, -0.1) is 0 Å². The van der Waals surface area contributed by atoms with Crippen molar-refractivity contribution in [3.8, 4) is 0 Å². The molecule has 7 amide bonds. The number of nitrogens with zero attached hydrogens (tertiary/aromatic N) is 1. The Labute approximate surface area is 243 Å². The van der Waals surface area contributed by atoms with Gasteiger partial charge >= 0.3 is 0 Å². The third kappa shape index (κ3) is 13.0. The predicted octanol–water partition coefficient (Wildman–Crippen LogP) is -3.18. The zero-order chi connectivity index (χ0) is 30.9. The summed E-state index contributed by atoms with van der Waals surface area (Å²) < 4.78 is 0. The molecule has 42 heavy (non-hydrogen) atoms. The Kier molecular flexibility index (Phi) is 14.1. The summed E-state index contributed by atoms with van der Waals surface area (Å²) in [5.74, 6) is -3.51. The second-order valence-electron chi connectivity index (χ2n) is 9.53. The van der Waals surface area contributed by atoms with E-state index >= 15 is 0 Å². The lowest BCUT2D eigenvalue weighted by Gasteiger charge is -2.19. The lowest BCUT2D eigenvalue weighted by molar-refractivity contribution is -0.137. The summed E-state index contributed by atoms with van der Waals surface area (Å²) in [4.78, 5) is 96.3. The van der Waals surface area contributed by atoms with Crippen LogP contribution >= 0.6 is 0 Å². The van der Waals surface area contributed by atoms with Crippen LogP contribution in [0.3, 0.4) is 0 Å². The van der Waals surface area contributed by atoms with Crippen LogP contribution in [-0.2, 0) is 44.8 Å². The molecule has 224 valence electrons. The molecule has 0 saturated heterocycles. The van der Waals surface area contributed by atoms with Crippen LogP contribution in [0.15, 0.2) is 42.5 Å². The van der Waals surface area contributed by atoms with Crippen molar-refractivity contribution in [3.05, 3.63) is 48.0 Å². The number of hydrogen-bond acceptors (Lipinski definition) is 8. The van der Waals surface area contributed by atoms with Crippen molar-refractivity contribution in [2.24, 2.45) is 0 Å². The standard InChI is InChI=1S/C27H35BN6O8/c28-20(35)14-29-23(38)16-32-27(42)19(13-18-7-3-1-4-8-18)33-24(39)17-31-22(37)15-30-21(36)9-5-2-6-12-34-25(40)10-11-26(34)41/h1,3-4,7-8,10-11,19H,2,5-6,9,12-17,28H2,(H,29,38)(H,30,36)(H,31,37)(H,32,42)(H,33,39)/t19-/m0/s1. The van der Waals surface area contributed by atoms with Crippen molar-refractivity contribution < 1.29 is 38.4 Å². The molecule has 1 atom stereocenters. The average Bonchev–Trinajstić information content (AvgIpc) is 3.28. The van der Waals surface area contributed by atoms with E-state index in [-0.39, 0.29) is 62.4 Å². The number of carbonyl (C=O) groups is 8. The van der Waals surface area contributed by atoms with Gasteiger partial charge in [-0.2, -0.15) is 0 Å². The first-order chi connectivity index (χ1) is 20.0. The number of amides is 7. The molecule has 5 N–H and O–H groups in total. The van der Waals surface area contributed by atoms with Crippen molar-refractivity contribution >= 4 is 54.9 Å². The third-order valence-corrected chi connectivity index (χ3v) is 5.97. The number of hydrogen-bond donors (Lipinski definition) is 5. The summed E-state index contributed by atoms with van der Waals surface area (Å²) >= 11 is 0. The lowest BCUT2D eigenvalue weighted by Crippen LogP contribution is -2.52. The molecular formula is C27H35BN6O8. The van der Waals surface area contributed by atoms with Crippen molar-refractivity contribution in [3.63, 3.8) is 0 Å². The van der Waals surface area contributed by atoms with Gasteiger partial charge in [-0.25, -0.2) is 0 Å². The molecule has 0 radical (unpaired) electrons. The monoisotopic (exact) mass is 582 g/mol. The largest absolute Gasteiger partial charge is 0.348 e. The Balaban J connectivity index is 1.70. The van der Waals surface area contributed by atoms with E-state index in [9.17, 15) is 38.4 Å². The van der Waals surface area contributed by atoms with E-state index in [0.717, 1.165) is 10.5 Å². The van der Waals surface area contributed by atoms with E-state index in [1.807, 2.05) is 0 Å². The minimum absolute atomic E-state index is 0.124. The molecule has 2 rings (SSSR count). The van der Waals surface area contributed by atoms with E-state index in [1.165, 1.54) is 20.0 Å². The first-order valence-corrected chi connectivity index (χ1v) is 13.5. The molecule has 1 aliphatic heterocycles. The van der Waals surface area contributed by atoms with Gasteiger partial charge in [0.15, 0.2) is 7.85 Å². The van der Waals surface area contributed by atoms with Crippen LogP contribution in [0.25, 0.3) is 0 Å². The third-order valence-electron chi connectivity index (χ3n) is 5.97. The van der Waals surface area contributed by atoms with Crippen molar-refractivity contribution in [1.29, 1.82) is 0 Å². The van der Waals surface area contributed by atoms with Gasteiger partial charge in [0.2, 0.25) is 29.5 Å².